The van der Waals surface area contributed by atoms with Crippen LogP contribution >= 0.6 is 0 Å². The molecule has 5 nitrogen and oxygen atoms in total. The minimum Gasteiger partial charge on any atom is -0.373 e. The Morgan fingerprint density at radius 2 is 1.91 bits per heavy atom. The first-order valence-electron chi connectivity index (χ1n) is 9.54. The van der Waals surface area contributed by atoms with E-state index < -0.39 is 0 Å². The van der Waals surface area contributed by atoms with E-state index >= 15 is 0 Å². The molecule has 23 heavy (non-hydrogen) atoms. The summed E-state index contributed by atoms with van der Waals surface area (Å²) < 4.78 is 6.23. The summed E-state index contributed by atoms with van der Waals surface area (Å²) in [4.78, 5) is 16.6. The van der Waals surface area contributed by atoms with Crippen LogP contribution in [0.3, 0.4) is 0 Å². The molecule has 4 aliphatic rings. The molecule has 0 radical (unpaired) electrons. The number of carbonyl (C=O) groups is 1. The summed E-state index contributed by atoms with van der Waals surface area (Å²) in [5.41, 5.74) is 0.0863. The predicted octanol–water partition coefficient (Wildman–Crippen LogP) is 1.23. The smallest absolute Gasteiger partial charge is 0.236 e. The van der Waals surface area contributed by atoms with Crippen molar-refractivity contribution in [3.63, 3.8) is 0 Å². The summed E-state index contributed by atoms with van der Waals surface area (Å²) in [6, 6.07) is 1.28. The summed E-state index contributed by atoms with van der Waals surface area (Å²) in [6.07, 6.45) is 7.00. The molecule has 5 heteroatoms. The summed E-state index contributed by atoms with van der Waals surface area (Å²) in [5, 5.41) is 3.76. The van der Waals surface area contributed by atoms with Crippen LogP contribution in [0.1, 0.15) is 45.4 Å². The quantitative estimate of drug-likeness (QED) is 0.846. The number of piperidine rings is 1. The first-order chi connectivity index (χ1) is 11.1. The van der Waals surface area contributed by atoms with Crippen LogP contribution in [0.25, 0.3) is 0 Å². The van der Waals surface area contributed by atoms with Gasteiger partial charge >= 0.3 is 0 Å². The number of carbonyl (C=O) groups excluding carboxylic acids is 1. The predicted molar refractivity (Wildman–Crippen MR) is 89.3 cm³/mol. The van der Waals surface area contributed by atoms with E-state index in [4.69, 9.17) is 4.74 Å². The lowest BCUT2D eigenvalue weighted by Crippen LogP contribution is -2.48. The van der Waals surface area contributed by atoms with Crippen LogP contribution in [0.2, 0.25) is 0 Å². The van der Waals surface area contributed by atoms with Gasteiger partial charge in [-0.3, -0.25) is 9.69 Å². The van der Waals surface area contributed by atoms with E-state index in [-0.39, 0.29) is 5.60 Å². The molecular weight excluding hydrogens is 290 g/mol. The Morgan fingerprint density at radius 1 is 1.22 bits per heavy atom. The zero-order valence-electron chi connectivity index (χ0n) is 14.4. The molecule has 0 aromatic carbocycles. The van der Waals surface area contributed by atoms with Crippen LogP contribution in [-0.4, -0.2) is 72.7 Å². The second-order valence-electron chi connectivity index (χ2n) is 8.25. The standard InChI is InChI=1S/C18H31N3O2/c1-14-10-16(14)19-15-11-18(23-13-15)4-8-20(9-5-18)12-17(22)21-6-2-3-7-21/h14-16,19H,2-13H2,1H3/t14-,15?,16-/m1/s1. The van der Waals surface area contributed by atoms with Gasteiger partial charge in [0, 0.05) is 38.3 Å². The number of ether oxygens (including phenoxy) is 1. The van der Waals surface area contributed by atoms with Gasteiger partial charge in [0.15, 0.2) is 0 Å². The molecule has 1 unspecified atom stereocenters. The molecule has 3 aliphatic heterocycles. The highest BCUT2D eigenvalue weighted by atomic mass is 16.5. The minimum atomic E-state index is 0.0863. The van der Waals surface area contributed by atoms with Crippen molar-refractivity contribution in [2.75, 3.05) is 39.3 Å². The van der Waals surface area contributed by atoms with Crippen LogP contribution in [0.4, 0.5) is 0 Å². The Hall–Kier alpha value is -0.650. The van der Waals surface area contributed by atoms with Gasteiger partial charge in [-0.25, -0.2) is 0 Å². The maximum absolute atomic E-state index is 12.3. The second kappa shape index (κ2) is 6.34. The number of rotatable bonds is 4. The molecule has 3 heterocycles. The van der Waals surface area contributed by atoms with Crippen molar-refractivity contribution >= 4 is 5.91 Å². The van der Waals surface area contributed by atoms with Gasteiger partial charge in [-0.1, -0.05) is 6.92 Å². The molecule has 1 amide bonds. The van der Waals surface area contributed by atoms with Crippen molar-refractivity contribution in [2.45, 2.75) is 63.1 Å². The average molecular weight is 321 g/mol. The van der Waals surface area contributed by atoms with Crippen molar-refractivity contribution in [2.24, 2.45) is 5.92 Å². The summed E-state index contributed by atoms with van der Waals surface area (Å²) in [7, 11) is 0. The molecule has 3 atom stereocenters. The molecule has 0 bridgehead atoms. The third kappa shape index (κ3) is 3.57. The topological polar surface area (TPSA) is 44.8 Å². The van der Waals surface area contributed by atoms with Crippen molar-refractivity contribution in [3.05, 3.63) is 0 Å². The van der Waals surface area contributed by atoms with E-state index in [1.54, 1.807) is 0 Å². The van der Waals surface area contributed by atoms with E-state index in [0.717, 1.165) is 64.0 Å². The van der Waals surface area contributed by atoms with Crippen LogP contribution in [0.5, 0.6) is 0 Å². The number of hydrogen-bond acceptors (Lipinski definition) is 4. The lowest BCUT2D eigenvalue weighted by atomic mass is 9.87. The summed E-state index contributed by atoms with van der Waals surface area (Å²) in [5.74, 6) is 1.18. The lowest BCUT2D eigenvalue weighted by Gasteiger charge is -2.38. The van der Waals surface area contributed by atoms with E-state index in [2.05, 4.69) is 17.1 Å². The van der Waals surface area contributed by atoms with Gasteiger partial charge < -0.3 is 15.0 Å². The molecule has 130 valence electrons. The number of nitrogens with zero attached hydrogens (tertiary/aromatic N) is 2. The van der Waals surface area contributed by atoms with Crippen molar-refractivity contribution in [1.82, 2.24) is 15.1 Å². The summed E-state index contributed by atoms with van der Waals surface area (Å²) in [6.45, 7) is 7.74. The fourth-order valence-corrected chi connectivity index (χ4v) is 4.53. The first kappa shape index (κ1) is 15.9. The largest absolute Gasteiger partial charge is 0.373 e. The Morgan fingerprint density at radius 3 is 2.57 bits per heavy atom. The van der Waals surface area contributed by atoms with E-state index in [0.29, 0.717) is 18.5 Å². The minimum absolute atomic E-state index is 0.0863. The first-order valence-corrected chi connectivity index (χ1v) is 9.54. The van der Waals surface area contributed by atoms with Crippen LogP contribution in [0.15, 0.2) is 0 Å². The van der Waals surface area contributed by atoms with Crippen LogP contribution < -0.4 is 5.32 Å². The third-order valence-corrected chi connectivity index (χ3v) is 6.35. The van der Waals surface area contributed by atoms with Gasteiger partial charge in [-0.2, -0.15) is 0 Å². The van der Waals surface area contributed by atoms with Gasteiger partial charge in [0.05, 0.1) is 18.8 Å². The Balaban J connectivity index is 1.22. The highest BCUT2D eigenvalue weighted by Gasteiger charge is 2.45. The van der Waals surface area contributed by atoms with Crippen molar-refractivity contribution in [3.8, 4) is 0 Å². The van der Waals surface area contributed by atoms with Gasteiger partial charge in [-0.15, -0.1) is 0 Å². The zero-order valence-corrected chi connectivity index (χ0v) is 14.4. The third-order valence-electron chi connectivity index (χ3n) is 6.35. The number of amides is 1. The Bertz CT molecular complexity index is 442. The second-order valence-corrected chi connectivity index (χ2v) is 8.25. The van der Waals surface area contributed by atoms with E-state index in [1.165, 1.54) is 19.3 Å². The molecule has 1 aliphatic carbocycles. The van der Waals surface area contributed by atoms with Gasteiger partial charge in [0.25, 0.3) is 0 Å². The molecule has 0 aromatic heterocycles. The highest BCUT2D eigenvalue weighted by molar-refractivity contribution is 5.78. The molecule has 4 fully saturated rings. The van der Waals surface area contributed by atoms with Gasteiger partial charge in [0.2, 0.25) is 5.91 Å². The SMILES string of the molecule is C[C@@H]1C[C@H]1NC1COC2(CCN(CC(=O)N3CCCC3)CC2)C1. The van der Waals surface area contributed by atoms with Crippen molar-refractivity contribution in [1.29, 1.82) is 0 Å². The van der Waals surface area contributed by atoms with Gasteiger partial charge in [-0.05, 0) is 44.4 Å². The fourth-order valence-electron chi connectivity index (χ4n) is 4.53. The normalized spacial score (nSPS) is 36.7. The average Bonchev–Trinajstić information content (AvgIpc) is 2.99. The fraction of sp³-hybridized carbons (Fsp3) is 0.944. The molecule has 1 spiro atoms. The van der Waals surface area contributed by atoms with Gasteiger partial charge in [0.1, 0.15) is 0 Å². The number of nitrogens with one attached hydrogen (secondary N) is 1. The van der Waals surface area contributed by atoms with E-state index in [9.17, 15) is 4.79 Å². The van der Waals surface area contributed by atoms with Crippen molar-refractivity contribution < 1.29 is 9.53 Å². The monoisotopic (exact) mass is 321 g/mol. The lowest BCUT2D eigenvalue weighted by molar-refractivity contribution is -0.132. The number of likely N-dealkylation sites (tertiary alicyclic amines) is 2. The molecule has 1 N–H and O–H groups in total. The Kier molecular flexibility index (Phi) is 4.37. The maximum Gasteiger partial charge on any atom is 0.236 e. The molecule has 4 rings (SSSR count). The molecule has 3 saturated heterocycles. The maximum atomic E-state index is 12.3. The molecule has 1 saturated carbocycles. The number of hydrogen-bond donors (Lipinski definition) is 1. The Labute approximate surface area is 139 Å². The molecule has 0 aromatic rings. The van der Waals surface area contributed by atoms with Crippen LogP contribution in [0, 0.1) is 5.92 Å². The highest BCUT2D eigenvalue weighted by Crippen LogP contribution is 2.38. The molecular formula is C18H31N3O2. The van der Waals surface area contributed by atoms with Crippen LogP contribution in [-0.2, 0) is 9.53 Å². The zero-order chi connectivity index (χ0) is 15.9. The van der Waals surface area contributed by atoms with E-state index in [1.807, 2.05) is 4.90 Å². The summed E-state index contributed by atoms with van der Waals surface area (Å²) >= 11 is 0.